The minimum atomic E-state index is 0. The third kappa shape index (κ3) is 5.01. The van der Waals surface area contributed by atoms with Gasteiger partial charge >= 0.3 is 0 Å². The van der Waals surface area contributed by atoms with Crippen molar-refractivity contribution >= 4 is 59.3 Å². The molecule has 24 heavy (non-hydrogen) atoms. The molecule has 0 aliphatic carbocycles. The zero-order valence-electron chi connectivity index (χ0n) is 13.0. The molecule has 1 aromatic heterocycles. The van der Waals surface area contributed by atoms with Crippen LogP contribution in [-0.2, 0) is 6.54 Å². The van der Waals surface area contributed by atoms with E-state index in [0.29, 0.717) is 11.3 Å². The highest BCUT2D eigenvalue weighted by Gasteiger charge is 2.23. The highest BCUT2D eigenvalue weighted by molar-refractivity contribution is 7.16. The van der Waals surface area contributed by atoms with Crippen molar-refractivity contribution in [3.8, 4) is 0 Å². The zero-order valence-corrected chi connectivity index (χ0v) is 16.2. The normalized spacial score (nSPS) is 14.6. The summed E-state index contributed by atoms with van der Waals surface area (Å²) in [5.41, 5.74) is 7.03. The van der Waals surface area contributed by atoms with Crippen LogP contribution in [0.4, 0.5) is 5.69 Å². The topological polar surface area (TPSA) is 49.6 Å². The van der Waals surface area contributed by atoms with E-state index in [1.807, 2.05) is 23.1 Å². The van der Waals surface area contributed by atoms with Crippen molar-refractivity contribution in [1.29, 1.82) is 0 Å². The highest BCUT2D eigenvalue weighted by atomic mass is 35.5. The van der Waals surface area contributed by atoms with Crippen LogP contribution in [0.2, 0.25) is 4.34 Å². The number of hydrogen-bond acceptors (Lipinski definition) is 4. The van der Waals surface area contributed by atoms with Crippen molar-refractivity contribution in [1.82, 2.24) is 9.80 Å². The molecule has 0 saturated carbocycles. The van der Waals surface area contributed by atoms with E-state index < -0.39 is 0 Å². The number of halogens is 3. The summed E-state index contributed by atoms with van der Waals surface area (Å²) in [6, 6.07) is 11.2. The van der Waals surface area contributed by atoms with Crippen LogP contribution in [0, 0.1) is 0 Å². The number of benzene rings is 1. The van der Waals surface area contributed by atoms with Crippen molar-refractivity contribution in [3.63, 3.8) is 0 Å². The van der Waals surface area contributed by atoms with Gasteiger partial charge in [0.2, 0.25) is 0 Å². The van der Waals surface area contributed by atoms with Crippen LogP contribution in [0.15, 0.2) is 36.4 Å². The summed E-state index contributed by atoms with van der Waals surface area (Å²) < 4.78 is 0.823. The van der Waals surface area contributed by atoms with Crippen LogP contribution in [0.25, 0.3) is 0 Å². The number of amides is 1. The van der Waals surface area contributed by atoms with Crippen LogP contribution < -0.4 is 5.73 Å². The zero-order chi connectivity index (χ0) is 15.5. The van der Waals surface area contributed by atoms with Crippen molar-refractivity contribution in [2.24, 2.45) is 0 Å². The standard InChI is InChI=1S/C16H18ClN3OS.2ClH/c17-15-6-5-12(22-15)11-19-7-9-20(10-8-19)16(21)13-3-1-2-4-14(13)18;;/h1-6H,7-11,18H2;2*1H. The van der Waals surface area contributed by atoms with E-state index >= 15 is 0 Å². The van der Waals surface area contributed by atoms with Gasteiger partial charge in [-0.15, -0.1) is 36.2 Å². The third-order valence-corrected chi connectivity index (χ3v) is 5.07. The fraction of sp³-hybridized carbons (Fsp3) is 0.312. The van der Waals surface area contributed by atoms with Gasteiger partial charge in [-0.25, -0.2) is 0 Å². The Labute approximate surface area is 163 Å². The molecular formula is C16H20Cl3N3OS. The number of carbonyl (C=O) groups is 1. The average Bonchev–Trinajstić information content (AvgIpc) is 2.93. The number of anilines is 1. The molecule has 4 nitrogen and oxygen atoms in total. The first-order valence-electron chi connectivity index (χ1n) is 7.24. The van der Waals surface area contributed by atoms with Gasteiger partial charge in [0.15, 0.2) is 0 Å². The highest BCUT2D eigenvalue weighted by Crippen LogP contribution is 2.23. The molecule has 2 aromatic rings. The quantitative estimate of drug-likeness (QED) is 0.786. The van der Waals surface area contributed by atoms with Crippen LogP contribution in [0.5, 0.6) is 0 Å². The molecular weight excluding hydrogens is 389 g/mol. The Balaban J connectivity index is 0.00000144. The van der Waals surface area contributed by atoms with Gasteiger partial charge in [0.25, 0.3) is 5.91 Å². The molecule has 0 bridgehead atoms. The summed E-state index contributed by atoms with van der Waals surface area (Å²) in [7, 11) is 0. The van der Waals surface area contributed by atoms with Crippen LogP contribution in [-0.4, -0.2) is 41.9 Å². The maximum absolute atomic E-state index is 12.5. The summed E-state index contributed by atoms with van der Waals surface area (Å²) in [6.45, 7) is 4.09. The maximum atomic E-state index is 12.5. The molecule has 1 saturated heterocycles. The first kappa shape index (κ1) is 21.1. The summed E-state index contributed by atoms with van der Waals surface area (Å²) in [5, 5.41) is 0. The molecule has 2 N–H and O–H groups in total. The fourth-order valence-corrected chi connectivity index (χ4v) is 3.76. The first-order valence-corrected chi connectivity index (χ1v) is 8.43. The number of nitrogen functional groups attached to an aromatic ring is 1. The predicted molar refractivity (Wildman–Crippen MR) is 106 cm³/mol. The number of hydrogen-bond donors (Lipinski definition) is 1. The Morgan fingerprint density at radius 3 is 2.33 bits per heavy atom. The second-order valence-electron chi connectivity index (χ2n) is 5.36. The van der Waals surface area contributed by atoms with E-state index in [1.165, 1.54) is 4.88 Å². The van der Waals surface area contributed by atoms with Gasteiger partial charge in [-0.05, 0) is 24.3 Å². The van der Waals surface area contributed by atoms with Gasteiger partial charge in [0.1, 0.15) is 0 Å². The number of para-hydroxylation sites is 1. The summed E-state index contributed by atoms with van der Waals surface area (Å²) in [5.74, 6) is 0.0249. The Kier molecular flexibility index (Phi) is 8.33. The van der Waals surface area contributed by atoms with E-state index in [0.717, 1.165) is 37.1 Å². The number of piperazine rings is 1. The number of nitrogens with two attached hydrogens (primary N) is 1. The molecule has 132 valence electrons. The van der Waals surface area contributed by atoms with E-state index in [9.17, 15) is 4.79 Å². The van der Waals surface area contributed by atoms with Gasteiger partial charge in [-0.1, -0.05) is 23.7 Å². The third-order valence-electron chi connectivity index (χ3n) is 3.86. The largest absolute Gasteiger partial charge is 0.398 e. The van der Waals surface area contributed by atoms with E-state index in [4.69, 9.17) is 17.3 Å². The van der Waals surface area contributed by atoms with Crippen LogP contribution in [0.3, 0.4) is 0 Å². The molecule has 0 atom stereocenters. The van der Waals surface area contributed by atoms with Crippen molar-refractivity contribution in [3.05, 3.63) is 51.2 Å². The van der Waals surface area contributed by atoms with Gasteiger partial charge in [0.05, 0.1) is 9.90 Å². The van der Waals surface area contributed by atoms with Gasteiger partial charge in [-0.2, -0.15) is 0 Å². The maximum Gasteiger partial charge on any atom is 0.256 e. The minimum Gasteiger partial charge on any atom is -0.398 e. The van der Waals surface area contributed by atoms with E-state index in [-0.39, 0.29) is 30.7 Å². The van der Waals surface area contributed by atoms with Gasteiger partial charge in [-0.3, -0.25) is 9.69 Å². The van der Waals surface area contributed by atoms with Gasteiger partial charge < -0.3 is 10.6 Å². The molecule has 1 fully saturated rings. The number of nitrogens with zero attached hydrogens (tertiary/aromatic N) is 2. The van der Waals surface area contributed by atoms with Crippen molar-refractivity contribution in [2.75, 3.05) is 31.9 Å². The molecule has 0 spiro atoms. The molecule has 1 amide bonds. The lowest BCUT2D eigenvalue weighted by molar-refractivity contribution is 0.0630. The fourth-order valence-electron chi connectivity index (χ4n) is 2.63. The number of rotatable bonds is 3. The molecule has 8 heteroatoms. The SMILES string of the molecule is Cl.Cl.Nc1ccccc1C(=O)N1CCN(Cc2ccc(Cl)s2)CC1. The number of carbonyl (C=O) groups excluding carboxylic acids is 1. The average molecular weight is 409 g/mol. The van der Waals surface area contributed by atoms with Gasteiger partial charge in [0, 0.05) is 43.3 Å². The molecule has 1 aliphatic rings. The molecule has 3 rings (SSSR count). The summed E-state index contributed by atoms with van der Waals surface area (Å²) in [4.78, 5) is 18.0. The Morgan fingerprint density at radius 1 is 1.08 bits per heavy atom. The molecule has 1 aromatic carbocycles. The first-order chi connectivity index (χ1) is 10.6. The molecule has 2 heterocycles. The lowest BCUT2D eigenvalue weighted by atomic mass is 10.1. The lowest BCUT2D eigenvalue weighted by Crippen LogP contribution is -2.48. The Bertz CT molecular complexity index is 672. The summed E-state index contributed by atoms with van der Waals surface area (Å²) >= 11 is 7.57. The molecule has 0 unspecified atom stereocenters. The smallest absolute Gasteiger partial charge is 0.256 e. The predicted octanol–water partition coefficient (Wildman–Crippen LogP) is 3.79. The van der Waals surface area contributed by atoms with Crippen molar-refractivity contribution in [2.45, 2.75) is 6.54 Å². The second-order valence-corrected chi connectivity index (χ2v) is 7.16. The minimum absolute atomic E-state index is 0. The van der Waals surface area contributed by atoms with E-state index in [1.54, 1.807) is 23.5 Å². The van der Waals surface area contributed by atoms with Crippen molar-refractivity contribution < 1.29 is 4.79 Å². The molecule has 1 aliphatic heterocycles. The second kappa shape index (κ2) is 9.49. The molecule has 0 radical (unpaired) electrons. The summed E-state index contributed by atoms with van der Waals surface area (Å²) in [6.07, 6.45) is 0. The van der Waals surface area contributed by atoms with Crippen LogP contribution >= 0.6 is 47.8 Å². The Morgan fingerprint density at radius 2 is 1.75 bits per heavy atom. The van der Waals surface area contributed by atoms with Crippen LogP contribution in [0.1, 0.15) is 15.2 Å². The monoisotopic (exact) mass is 407 g/mol. The number of thiophene rings is 1. The lowest BCUT2D eigenvalue weighted by Gasteiger charge is -2.34. The Hall–Kier alpha value is -0.980. The van der Waals surface area contributed by atoms with E-state index in [2.05, 4.69) is 11.0 Å².